The summed E-state index contributed by atoms with van der Waals surface area (Å²) in [7, 11) is 0. The molecule has 3 rings (SSSR count). The number of hydrogen-bond acceptors (Lipinski definition) is 3. The first-order valence-electron chi connectivity index (χ1n) is 6.34. The van der Waals surface area contributed by atoms with Gasteiger partial charge in [0.25, 0.3) is 0 Å². The van der Waals surface area contributed by atoms with Crippen LogP contribution >= 0.6 is 34.7 Å². The largest absolute Gasteiger partial charge is 0.387 e. The number of thioether (sulfide) groups is 1. The third-order valence-electron chi connectivity index (χ3n) is 3.32. The Bertz CT molecular complexity index is 539. The first-order valence-corrected chi connectivity index (χ1v) is 8.69. The van der Waals surface area contributed by atoms with Gasteiger partial charge in [0.15, 0.2) is 0 Å². The predicted octanol–water partition coefficient (Wildman–Crippen LogP) is 4.47. The molecule has 0 saturated heterocycles. The predicted molar refractivity (Wildman–Crippen MR) is 84.3 cm³/mol. The van der Waals surface area contributed by atoms with E-state index in [0.29, 0.717) is 6.42 Å². The minimum absolute atomic E-state index is 0.401. The molecule has 1 aliphatic heterocycles. The Morgan fingerprint density at radius 1 is 1.26 bits per heavy atom. The van der Waals surface area contributed by atoms with E-state index in [1.54, 1.807) is 11.3 Å². The van der Waals surface area contributed by atoms with E-state index >= 15 is 0 Å². The number of aliphatic hydroxyl groups excluding tert-OH is 1. The van der Waals surface area contributed by atoms with Gasteiger partial charge in [0.05, 0.1) is 6.10 Å². The van der Waals surface area contributed by atoms with E-state index < -0.39 is 6.10 Å². The maximum atomic E-state index is 10.4. The summed E-state index contributed by atoms with van der Waals surface area (Å²) in [6.07, 6.45) is 1.41. The second kappa shape index (κ2) is 5.88. The highest BCUT2D eigenvalue weighted by Gasteiger charge is 2.18. The number of benzene rings is 1. The third-order valence-corrected chi connectivity index (χ3v) is 5.92. The summed E-state index contributed by atoms with van der Waals surface area (Å²) in [5.74, 6) is 2.31. The topological polar surface area (TPSA) is 20.2 Å². The highest BCUT2D eigenvalue weighted by atomic mass is 35.5. The quantitative estimate of drug-likeness (QED) is 0.902. The monoisotopic (exact) mass is 310 g/mol. The van der Waals surface area contributed by atoms with Crippen LogP contribution < -0.4 is 0 Å². The Kier molecular flexibility index (Phi) is 4.18. The number of fused-ring (bicyclic) bond motifs is 1. The average molecular weight is 311 g/mol. The molecular formula is C15H15ClOS2. The molecule has 0 saturated carbocycles. The minimum Gasteiger partial charge on any atom is -0.387 e. The van der Waals surface area contributed by atoms with Gasteiger partial charge in [-0.05, 0) is 41.5 Å². The van der Waals surface area contributed by atoms with Crippen LogP contribution in [0.4, 0.5) is 0 Å². The van der Waals surface area contributed by atoms with Crippen molar-refractivity contribution >= 4 is 34.7 Å². The summed E-state index contributed by atoms with van der Waals surface area (Å²) in [6, 6.07) is 9.90. The molecule has 19 heavy (non-hydrogen) atoms. The maximum Gasteiger partial charge on any atom is 0.0922 e. The molecule has 0 amide bonds. The van der Waals surface area contributed by atoms with Gasteiger partial charge in [0.1, 0.15) is 0 Å². The standard InChI is InChI=1S/C15H15ClOS2/c16-12-3-1-10(2-4-12)7-13(17)15-8-11-9-18-6-5-14(11)19-15/h1-4,8,13,17H,5-7,9H2. The summed E-state index contributed by atoms with van der Waals surface area (Å²) in [4.78, 5) is 2.56. The van der Waals surface area contributed by atoms with Crippen molar-refractivity contribution in [3.05, 3.63) is 56.2 Å². The second-order valence-electron chi connectivity index (χ2n) is 4.75. The smallest absolute Gasteiger partial charge is 0.0922 e. The summed E-state index contributed by atoms with van der Waals surface area (Å²) < 4.78 is 0. The first kappa shape index (κ1) is 13.5. The molecule has 0 radical (unpaired) electrons. The number of hydrogen-bond donors (Lipinski definition) is 1. The Balaban J connectivity index is 1.74. The van der Waals surface area contributed by atoms with Crippen LogP contribution in [0.2, 0.25) is 5.02 Å². The molecule has 4 heteroatoms. The number of rotatable bonds is 3. The molecule has 100 valence electrons. The van der Waals surface area contributed by atoms with Gasteiger partial charge < -0.3 is 5.11 Å². The van der Waals surface area contributed by atoms with E-state index in [2.05, 4.69) is 6.07 Å². The van der Waals surface area contributed by atoms with E-state index in [9.17, 15) is 5.11 Å². The van der Waals surface area contributed by atoms with Crippen molar-refractivity contribution in [3.8, 4) is 0 Å². The highest BCUT2D eigenvalue weighted by Crippen LogP contribution is 2.35. The Morgan fingerprint density at radius 3 is 2.79 bits per heavy atom. The van der Waals surface area contributed by atoms with E-state index in [1.807, 2.05) is 36.0 Å². The Morgan fingerprint density at radius 2 is 2.05 bits per heavy atom. The summed E-state index contributed by atoms with van der Waals surface area (Å²) in [6.45, 7) is 0. The van der Waals surface area contributed by atoms with Crippen molar-refractivity contribution in [2.24, 2.45) is 0 Å². The summed E-state index contributed by atoms with van der Waals surface area (Å²) >= 11 is 9.63. The van der Waals surface area contributed by atoms with Crippen molar-refractivity contribution in [1.29, 1.82) is 0 Å². The van der Waals surface area contributed by atoms with Crippen molar-refractivity contribution < 1.29 is 5.11 Å². The number of halogens is 1. The van der Waals surface area contributed by atoms with Crippen LogP contribution in [-0.4, -0.2) is 10.9 Å². The zero-order chi connectivity index (χ0) is 13.2. The van der Waals surface area contributed by atoms with Gasteiger partial charge in [0, 0.05) is 27.0 Å². The Hall–Kier alpha value is -0.480. The van der Waals surface area contributed by atoms with Crippen molar-refractivity contribution in [3.63, 3.8) is 0 Å². The molecular weight excluding hydrogens is 296 g/mol. The lowest BCUT2D eigenvalue weighted by molar-refractivity contribution is 0.182. The van der Waals surface area contributed by atoms with E-state index in [4.69, 9.17) is 11.6 Å². The highest BCUT2D eigenvalue weighted by molar-refractivity contribution is 7.98. The lowest BCUT2D eigenvalue weighted by Crippen LogP contribution is -1.99. The first-order chi connectivity index (χ1) is 9.22. The number of aliphatic hydroxyl groups is 1. The van der Waals surface area contributed by atoms with Crippen LogP contribution in [-0.2, 0) is 18.6 Å². The molecule has 0 aliphatic carbocycles. The molecule has 2 aromatic rings. The van der Waals surface area contributed by atoms with Gasteiger partial charge in [-0.15, -0.1) is 11.3 Å². The van der Waals surface area contributed by atoms with Crippen LogP contribution in [0.25, 0.3) is 0 Å². The van der Waals surface area contributed by atoms with E-state index in [0.717, 1.165) is 27.6 Å². The van der Waals surface area contributed by atoms with Crippen LogP contribution in [0.1, 0.15) is 27.0 Å². The van der Waals surface area contributed by atoms with Crippen molar-refractivity contribution in [2.75, 3.05) is 5.75 Å². The molecule has 1 N–H and O–H groups in total. The summed E-state index contributed by atoms with van der Waals surface area (Å²) in [5, 5.41) is 11.1. The minimum atomic E-state index is -0.401. The molecule has 0 spiro atoms. The van der Waals surface area contributed by atoms with Gasteiger partial charge in [-0.1, -0.05) is 23.7 Å². The fraction of sp³-hybridized carbons (Fsp3) is 0.333. The van der Waals surface area contributed by atoms with E-state index in [-0.39, 0.29) is 0 Å². The third kappa shape index (κ3) is 3.16. The lowest BCUT2D eigenvalue weighted by atomic mass is 10.1. The molecule has 1 aromatic heterocycles. The molecule has 0 fully saturated rings. The molecule has 1 aromatic carbocycles. The maximum absolute atomic E-state index is 10.4. The van der Waals surface area contributed by atoms with Crippen LogP contribution in [0.15, 0.2) is 30.3 Å². The fourth-order valence-electron chi connectivity index (χ4n) is 2.28. The van der Waals surface area contributed by atoms with Gasteiger partial charge in [-0.25, -0.2) is 0 Å². The SMILES string of the molecule is OC(Cc1ccc(Cl)cc1)c1cc2c(s1)CCSC2. The molecule has 1 aliphatic rings. The lowest BCUT2D eigenvalue weighted by Gasteiger charge is -2.08. The Labute approximate surface area is 126 Å². The molecule has 0 bridgehead atoms. The van der Waals surface area contributed by atoms with Crippen LogP contribution in [0.3, 0.4) is 0 Å². The van der Waals surface area contributed by atoms with Gasteiger partial charge in [-0.3, -0.25) is 0 Å². The van der Waals surface area contributed by atoms with Crippen LogP contribution in [0, 0.1) is 0 Å². The molecule has 2 heterocycles. The molecule has 1 nitrogen and oxygen atoms in total. The van der Waals surface area contributed by atoms with Gasteiger partial charge in [0.2, 0.25) is 0 Å². The fourth-order valence-corrected chi connectivity index (χ4v) is 4.77. The summed E-state index contributed by atoms with van der Waals surface area (Å²) in [5.41, 5.74) is 2.55. The van der Waals surface area contributed by atoms with E-state index in [1.165, 1.54) is 16.2 Å². The number of thiophene rings is 1. The second-order valence-corrected chi connectivity index (χ2v) is 7.46. The molecule has 1 atom stereocenters. The zero-order valence-electron chi connectivity index (χ0n) is 10.4. The zero-order valence-corrected chi connectivity index (χ0v) is 12.8. The number of aryl methyl sites for hydroxylation is 1. The molecule has 1 unspecified atom stereocenters. The normalized spacial score (nSPS) is 16.1. The van der Waals surface area contributed by atoms with Crippen LogP contribution in [0.5, 0.6) is 0 Å². The van der Waals surface area contributed by atoms with Gasteiger partial charge in [-0.2, -0.15) is 11.8 Å². The van der Waals surface area contributed by atoms with Gasteiger partial charge >= 0.3 is 0 Å². The average Bonchev–Trinajstić information content (AvgIpc) is 2.85. The van der Waals surface area contributed by atoms with Crippen molar-refractivity contribution in [2.45, 2.75) is 24.7 Å². The van der Waals surface area contributed by atoms with Crippen molar-refractivity contribution in [1.82, 2.24) is 0 Å².